The van der Waals surface area contributed by atoms with E-state index < -0.39 is 0 Å². The Morgan fingerprint density at radius 3 is 2.62 bits per heavy atom. The van der Waals surface area contributed by atoms with Gasteiger partial charge >= 0.3 is 0 Å². The minimum Gasteiger partial charge on any atom is -0.493 e. The summed E-state index contributed by atoms with van der Waals surface area (Å²) in [6.07, 6.45) is 0.496. The molecule has 0 aliphatic carbocycles. The molecule has 0 radical (unpaired) electrons. The molecule has 2 N–H and O–H groups in total. The van der Waals surface area contributed by atoms with E-state index in [0.29, 0.717) is 34.9 Å². The molecule has 0 fully saturated rings. The van der Waals surface area contributed by atoms with Crippen LogP contribution in [0.25, 0.3) is 0 Å². The Morgan fingerprint density at radius 2 is 2.00 bits per heavy atom. The first kappa shape index (κ1) is 15.3. The van der Waals surface area contributed by atoms with Crippen molar-refractivity contribution in [1.29, 1.82) is 0 Å². The first-order valence-electron chi connectivity index (χ1n) is 6.67. The van der Waals surface area contributed by atoms with Crippen LogP contribution >= 0.6 is 12.2 Å². The number of benzene rings is 1. The lowest BCUT2D eigenvalue weighted by Crippen LogP contribution is -2.16. The fourth-order valence-electron chi connectivity index (χ4n) is 2.14. The van der Waals surface area contributed by atoms with Gasteiger partial charge in [-0.3, -0.25) is 9.78 Å². The fourth-order valence-corrected chi connectivity index (χ4v) is 2.39. The molecular formula is C15H18N2O3S. The smallest absolute Gasteiger partial charge is 0.255 e. The minimum absolute atomic E-state index is 0.163. The molecule has 6 heteroatoms. The second-order valence-corrected chi connectivity index (χ2v) is 5.02. The number of aromatic nitrogens is 2. The lowest BCUT2D eigenvalue weighted by molar-refractivity contribution is 0.310. The molecule has 0 bridgehead atoms. The van der Waals surface area contributed by atoms with Gasteiger partial charge in [0.05, 0.1) is 13.7 Å². The van der Waals surface area contributed by atoms with Gasteiger partial charge in [0, 0.05) is 17.7 Å². The van der Waals surface area contributed by atoms with Crippen molar-refractivity contribution in [3.05, 3.63) is 50.1 Å². The molecule has 0 aliphatic rings. The van der Waals surface area contributed by atoms with Crippen LogP contribution in [0, 0.1) is 11.7 Å². The van der Waals surface area contributed by atoms with Gasteiger partial charge in [-0.25, -0.2) is 0 Å². The molecule has 21 heavy (non-hydrogen) atoms. The average Bonchev–Trinajstić information content (AvgIpc) is 2.44. The molecule has 5 nitrogen and oxygen atoms in total. The summed E-state index contributed by atoms with van der Waals surface area (Å²) in [5.74, 6) is 1.36. The molecule has 112 valence electrons. The number of hydrogen-bond acceptors (Lipinski definition) is 4. The molecule has 0 amide bonds. The number of ether oxygens (including phenoxy) is 2. The summed E-state index contributed by atoms with van der Waals surface area (Å²) >= 11 is 4.95. The highest BCUT2D eigenvalue weighted by atomic mass is 32.1. The topological polar surface area (TPSA) is 67.1 Å². The van der Waals surface area contributed by atoms with Crippen molar-refractivity contribution in [1.82, 2.24) is 9.97 Å². The Hall–Kier alpha value is -2.08. The van der Waals surface area contributed by atoms with Gasteiger partial charge in [-0.1, -0.05) is 6.07 Å². The zero-order valence-electron chi connectivity index (χ0n) is 12.3. The Kier molecular flexibility index (Phi) is 4.80. The van der Waals surface area contributed by atoms with E-state index in [1.54, 1.807) is 7.11 Å². The summed E-state index contributed by atoms with van der Waals surface area (Å²) in [6.45, 7) is 4.33. The third-order valence-corrected chi connectivity index (χ3v) is 3.37. The molecule has 0 aliphatic heterocycles. The molecule has 0 saturated carbocycles. The SMILES string of the molecule is CCOc1ccc(Cc2c(C)[nH]c(=S)[nH]c2=O)cc1OC. The van der Waals surface area contributed by atoms with Gasteiger partial charge < -0.3 is 14.5 Å². The number of methoxy groups -OCH3 is 1. The van der Waals surface area contributed by atoms with Crippen molar-refractivity contribution in [2.45, 2.75) is 20.3 Å². The molecule has 0 spiro atoms. The first-order chi connectivity index (χ1) is 10.0. The Balaban J connectivity index is 2.36. The zero-order chi connectivity index (χ0) is 15.4. The molecule has 1 aromatic heterocycles. The molecular weight excluding hydrogens is 288 g/mol. The fraction of sp³-hybridized carbons (Fsp3) is 0.333. The summed E-state index contributed by atoms with van der Waals surface area (Å²) in [5, 5.41) is 0. The monoisotopic (exact) mass is 306 g/mol. The van der Waals surface area contributed by atoms with Crippen LogP contribution in [0.3, 0.4) is 0 Å². The Labute approximate surface area is 127 Å². The van der Waals surface area contributed by atoms with E-state index in [1.165, 1.54) is 0 Å². The summed E-state index contributed by atoms with van der Waals surface area (Å²) in [6, 6.07) is 5.66. The van der Waals surface area contributed by atoms with Crippen LogP contribution in [0.2, 0.25) is 0 Å². The van der Waals surface area contributed by atoms with Crippen LogP contribution in [0.15, 0.2) is 23.0 Å². The van der Waals surface area contributed by atoms with Crippen molar-refractivity contribution in [3.63, 3.8) is 0 Å². The highest BCUT2D eigenvalue weighted by Crippen LogP contribution is 2.28. The van der Waals surface area contributed by atoms with Gasteiger partial charge in [0.25, 0.3) is 5.56 Å². The number of aryl methyl sites for hydroxylation is 1. The van der Waals surface area contributed by atoms with Crippen LogP contribution in [0.4, 0.5) is 0 Å². The van der Waals surface area contributed by atoms with Crippen molar-refractivity contribution in [2.24, 2.45) is 0 Å². The van der Waals surface area contributed by atoms with Gasteiger partial charge in [-0.05, 0) is 43.8 Å². The van der Waals surface area contributed by atoms with Crippen LogP contribution in [-0.2, 0) is 6.42 Å². The van der Waals surface area contributed by atoms with Gasteiger partial charge in [-0.2, -0.15) is 0 Å². The maximum absolute atomic E-state index is 12.0. The largest absolute Gasteiger partial charge is 0.493 e. The van der Waals surface area contributed by atoms with Crippen LogP contribution < -0.4 is 15.0 Å². The van der Waals surface area contributed by atoms with Crippen LogP contribution in [0.1, 0.15) is 23.7 Å². The summed E-state index contributed by atoms with van der Waals surface area (Å²) < 4.78 is 11.1. The lowest BCUT2D eigenvalue weighted by atomic mass is 10.0. The molecule has 1 aromatic carbocycles. The number of hydrogen-bond donors (Lipinski definition) is 2. The highest BCUT2D eigenvalue weighted by molar-refractivity contribution is 7.71. The third-order valence-electron chi connectivity index (χ3n) is 3.16. The van der Waals surface area contributed by atoms with Gasteiger partial charge in [0.15, 0.2) is 16.3 Å². The van der Waals surface area contributed by atoms with Gasteiger partial charge in [-0.15, -0.1) is 0 Å². The predicted octanol–water partition coefficient (Wildman–Crippen LogP) is 2.74. The maximum Gasteiger partial charge on any atom is 0.255 e. The van der Waals surface area contributed by atoms with Crippen LogP contribution in [-0.4, -0.2) is 23.7 Å². The lowest BCUT2D eigenvalue weighted by Gasteiger charge is -2.11. The van der Waals surface area contributed by atoms with E-state index in [9.17, 15) is 4.79 Å². The predicted molar refractivity (Wildman–Crippen MR) is 84.0 cm³/mol. The van der Waals surface area contributed by atoms with Crippen molar-refractivity contribution in [2.75, 3.05) is 13.7 Å². The molecule has 2 aromatic rings. The van der Waals surface area contributed by atoms with Crippen molar-refractivity contribution in [3.8, 4) is 11.5 Å². The molecule has 2 rings (SSSR count). The Bertz CT molecular complexity index is 749. The van der Waals surface area contributed by atoms with E-state index >= 15 is 0 Å². The maximum atomic E-state index is 12.0. The van der Waals surface area contributed by atoms with E-state index in [2.05, 4.69) is 9.97 Å². The number of H-pyrrole nitrogens is 2. The number of nitrogens with one attached hydrogen (secondary N) is 2. The average molecular weight is 306 g/mol. The zero-order valence-corrected chi connectivity index (χ0v) is 13.1. The van der Waals surface area contributed by atoms with Crippen molar-refractivity contribution < 1.29 is 9.47 Å². The quantitative estimate of drug-likeness (QED) is 0.834. The van der Waals surface area contributed by atoms with E-state index in [0.717, 1.165) is 11.3 Å². The minimum atomic E-state index is -0.163. The molecule has 0 atom stereocenters. The van der Waals surface area contributed by atoms with E-state index in [4.69, 9.17) is 21.7 Å². The van der Waals surface area contributed by atoms with Crippen LogP contribution in [0.5, 0.6) is 11.5 Å². The van der Waals surface area contributed by atoms with E-state index in [-0.39, 0.29) is 5.56 Å². The summed E-state index contributed by atoms with van der Waals surface area (Å²) in [7, 11) is 1.60. The standard InChI is InChI=1S/C15H18N2O3S/c1-4-20-12-6-5-10(8-13(12)19-3)7-11-9(2)16-15(21)17-14(11)18/h5-6,8H,4,7H2,1-3H3,(H2,16,17,18,21). The van der Waals surface area contributed by atoms with E-state index in [1.807, 2.05) is 32.0 Å². The van der Waals surface area contributed by atoms with Gasteiger partial charge in [0.2, 0.25) is 0 Å². The second kappa shape index (κ2) is 6.58. The number of aromatic amines is 2. The third kappa shape index (κ3) is 3.52. The molecule has 0 saturated heterocycles. The summed E-state index contributed by atoms with van der Waals surface area (Å²) in [5.41, 5.74) is 2.24. The van der Waals surface area contributed by atoms with Gasteiger partial charge in [0.1, 0.15) is 0 Å². The van der Waals surface area contributed by atoms with Crippen molar-refractivity contribution >= 4 is 12.2 Å². The normalized spacial score (nSPS) is 10.4. The summed E-state index contributed by atoms with van der Waals surface area (Å²) in [4.78, 5) is 17.6. The second-order valence-electron chi connectivity index (χ2n) is 4.61. The number of rotatable bonds is 5. The Morgan fingerprint density at radius 1 is 1.24 bits per heavy atom. The highest BCUT2D eigenvalue weighted by Gasteiger charge is 2.09. The molecule has 0 unspecified atom stereocenters. The molecule has 1 heterocycles. The first-order valence-corrected chi connectivity index (χ1v) is 7.07.